The molecule has 0 amide bonds. The lowest BCUT2D eigenvalue weighted by Gasteiger charge is -1.93. The molecular weight excluding hydrogens is 216 g/mol. The highest BCUT2D eigenvalue weighted by molar-refractivity contribution is 9.08. The molecule has 0 saturated heterocycles. The Kier molecular flexibility index (Phi) is 2.45. The van der Waals surface area contributed by atoms with Crippen molar-refractivity contribution in [1.29, 1.82) is 0 Å². The Labute approximate surface area is 70.6 Å². The summed E-state index contributed by atoms with van der Waals surface area (Å²) in [7, 11) is 0. The highest BCUT2D eigenvalue weighted by Gasteiger charge is 1.97. The van der Waals surface area contributed by atoms with Crippen molar-refractivity contribution in [2.75, 3.05) is 0 Å². The number of carboxylic acid groups (broad SMARTS) is 1. The zero-order chi connectivity index (χ0) is 7.56. The van der Waals surface area contributed by atoms with Gasteiger partial charge < -0.3 is 9.90 Å². The molecule has 0 aromatic carbocycles. The molecule has 0 spiro atoms. The van der Waals surface area contributed by atoms with Crippen molar-refractivity contribution in [3.63, 3.8) is 0 Å². The lowest BCUT2D eigenvalue weighted by Crippen LogP contribution is -2.21. The van der Waals surface area contributed by atoms with Crippen LogP contribution < -0.4 is 5.11 Å². The van der Waals surface area contributed by atoms with Gasteiger partial charge in [-0.05, 0) is 6.07 Å². The molecule has 4 heteroatoms. The molecule has 1 heterocycles. The first-order chi connectivity index (χ1) is 4.74. The van der Waals surface area contributed by atoms with Crippen LogP contribution in [0, 0.1) is 0 Å². The Morgan fingerprint density at radius 3 is 2.80 bits per heavy atom. The fourth-order valence-electron chi connectivity index (χ4n) is 0.558. The van der Waals surface area contributed by atoms with Gasteiger partial charge in [0.15, 0.2) is 0 Å². The van der Waals surface area contributed by atoms with E-state index < -0.39 is 5.97 Å². The second-order valence-corrected chi connectivity index (χ2v) is 3.28. The Morgan fingerprint density at radius 2 is 2.50 bits per heavy atom. The lowest BCUT2D eigenvalue weighted by atomic mass is 10.3. The summed E-state index contributed by atoms with van der Waals surface area (Å²) in [6, 6.07) is 1.61. The van der Waals surface area contributed by atoms with Gasteiger partial charge in [-0.1, -0.05) is 15.9 Å². The lowest BCUT2D eigenvalue weighted by molar-refractivity contribution is -0.255. The second kappa shape index (κ2) is 3.16. The number of carboxylic acids is 1. The molecule has 0 unspecified atom stereocenters. The molecule has 0 saturated carbocycles. The molecule has 10 heavy (non-hydrogen) atoms. The molecule has 2 nitrogen and oxygen atoms in total. The molecule has 1 aromatic heterocycles. The minimum absolute atomic E-state index is 0.263. The van der Waals surface area contributed by atoms with E-state index in [1.54, 1.807) is 11.4 Å². The standard InChI is InChI=1S/C6H5BrO2S/c7-2-5-1-4(3-10-5)6(8)9/h1,3H,2H2,(H,8,9)/p-1. The molecule has 0 N–H and O–H groups in total. The molecule has 54 valence electrons. The Balaban J connectivity index is 2.88. The van der Waals surface area contributed by atoms with Crippen molar-refractivity contribution in [1.82, 2.24) is 0 Å². The zero-order valence-corrected chi connectivity index (χ0v) is 7.37. The van der Waals surface area contributed by atoms with Gasteiger partial charge in [-0.15, -0.1) is 11.3 Å². The molecular formula is C6H4BrO2S-. The normalized spacial score (nSPS) is 9.70. The molecule has 1 rings (SSSR count). The van der Waals surface area contributed by atoms with Crippen LogP contribution in [0.15, 0.2) is 11.4 Å². The van der Waals surface area contributed by atoms with Crippen LogP contribution in [0.4, 0.5) is 0 Å². The number of hydrogen-bond acceptors (Lipinski definition) is 3. The average Bonchev–Trinajstić information content (AvgIpc) is 2.34. The smallest absolute Gasteiger partial charge is 0.0723 e. The minimum atomic E-state index is -1.11. The van der Waals surface area contributed by atoms with Crippen LogP contribution >= 0.6 is 27.3 Å². The van der Waals surface area contributed by atoms with Gasteiger partial charge in [-0.25, -0.2) is 0 Å². The fourth-order valence-corrected chi connectivity index (χ4v) is 1.82. The highest BCUT2D eigenvalue weighted by atomic mass is 79.9. The SMILES string of the molecule is O=C([O-])c1csc(CBr)c1. The van der Waals surface area contributed by atoms with Gasteiger partial charge >= 0.3 is 0 Å². The topological polar surface area (TPSA) is 40.1 Å². The number of alkyl halides is 1. The zero-order valence-electron chi connectivity index (χ0n) is 4.96. The van der Waals surface area contributed by atoms with E-state index >= 15 is 0 Å². The van der Waals surface area contributed by atoms with E-state index in [0.29, 0.717) is 5.33 Å². The molecule has 0 radical (unpaired) electrons. The van der Waals surface area contributed by atoms with E-state index in [1.165, 1.54) is 11.3 Å². The van der Waals surface area contributed by atoms with Crippen molar-refractivity contribution < 1.29 is 9.90 Å². The first-order valence-corrected chi connectivity index (χ1v) is 4.59. The summed E-state index contributed by atoms with van der Waals surface area (Å²) in [5, 5.41) is 12.5. The molecule has 0 bridgehead atoms. The van der Waals surface area contributed by atoms with Crippen LogP contribution in [0.5, 0.6) is 0 Å². The van der Waals surface area contributed by atoms with E-state index in [2.05, 4.69) is 15.9 Å². The summed E-state index contributed by atoms with van der Waals surface area (Å²) in [5.74, 6) is -1.11. The third-order valence-electron chi connectivity index (χ3n) is 1.02. The third-order valence-corrected chi connectivity index (χ3v) is 2.93. The van der Waals surface area contributed by atoms with Gasteiger partial charge in [0.1, 0.15) is 0 Å². The molecule has 0 atom stereocenters. The molecule has 0 aliphatic rings. The molecule has 0 aliphatic carbocycles. The van der Waals surface area contributed by atoms with Crippen molar-refractivity contribution in [3.05, 3.63) is 21.9 Å². The highest BCUT2D eigenvalue weighted by Crippen LogP contribution is 2.16. The summed E-state index contributed by atoms with van der Waals surface area (Å²) in [5.41, 5.74) is 0.263. The first kappa shape index (κ1) is 7.75. The van der Waals surface area contributed by atoms with E-state index in [-0.39, 0.29) is 5.56 Å². The van der Waals surface area contributed by atoms with E-state index in [0.717, 1.165) is 4.88 Å². The summed E-state index contributed by atoms with van der Waals surface area (Å²) < 4.78 is 0. The van der Waals surface area contributed by atoms with Gasteiger partial charge in [-0.3, -0.25) is 0 Å². The average molecular weight is 220 g/mol. The summed E-state index contributed by atoms with van der Waals surface area (Å²) >= 11 is 4.63. The third kappa shape index (κ3) is 1.58. The number of carbonyl (C=O) groups is 1. The number of hydrogen-bond donors (Lipinski definition) is 0. The molecule has 1 aromatic rings. The minimum Gasteiger partial charge on any atom is -0.545 e. The number of carbonyl (C=O) groups excluding carboxylic acids is 1. The maximum absolute atomic E-state index is 10.2. The van der Waals surface area contributed by atoms with Crippen LogP contribution in [0.2, 0.25) is 0 Å². The maximum Gasteiger partial charge on any atom is 0.0723 e. The van der Waals surface area contributed by atoms with Gasteiger partial charge in [0.25, 0.3) is 0 Å². The van der Waals surface area contributed by atoms with Crippen molar-refractivity contribution in [2.24, 2.45) is 0 Å². The monoisotopic (exact) mass is 219 g/mol. The number of rotatable bonds is 2. The molecule has 0 aliphatic heterocycles. The predicted octanol–water partition coefficient (Wildman–Crippen LogP) is 1.01. The van der Waals surface area contributed by atoms with Gasteiger partial charge in [0.2, 0.25) is 0 Å². The molecule has 0 fully saturated rings. The van der Waals surface area contributed by atoms with Crippen molar-refractivity contribution >= 4 is 33.2 Å². The largest absolute Gasteiger partial charge is 0.545 e. The Bertz CT molecular complexity index is 244. The maximum atomic E-state index is 10.2. The van der Waals surface area contributed by atoms with Gasteiger partial charge in [0, 0.05) is 21.2 Å². The van der Waals surface area contributed by atoms with E-state index in [1.807, 2.05) is 0 Å². The van der Waals surface area contributed by atoms with Gasteiger partial charge in [0.05, 0.1) is 5.97 Å². The van der Waals surface area contributed by atoms with Gasteiger partial charge in [-0.2, -0.15) is 0 Å². The van der Waals surface area contributed by atoms with Crippen LogP contribution in [-0.2, 0) is 5.33 Å². The summed E-state index contributed by atoms with van der Waals surface area (Å²) in [6.45, 7) is 0. The number of aromatic carboxylic acids is 1. The summed E-state index contributed by atoms with van der Waals surface area (Å²) in [4.78, 5) is 11.2. The Hall–Kier alpha value is -0.350. The summed E-state index contributed by atoms with van der Waals surface area (Å²) in [6.07, 6.45) is 0. The Morgan fingerprint density at radius 1 is 1.80 bits per heavy atom. The number of halogens is 1. The first-order valence-electron chi connectivity index (χ1n) is 2.58. The van der Waals surface area contributed by atoms with E-state index in [9.17, 15) is 9.90 Å². The second-order valence-electron chi connectivity index (χ2n) is 1.72. The van der Waals surface area contributed by atoms with Crippen LogP contribution in [0.1, 0.15) is 15.2 Å². The van der Waals surface area contributed by atoms with Crippen LogP contribution in [-0.4, -0.2) is 5.97 Å². The number of thiophene rings is 1. The predicted molar refractivity (Wildman–Crippen MR) is 41.3 cm³/mol. The van der Waals surface area contributed by atoms with Crippen molar-refractivity contribution in [2.45, 2.75) is 5.33 Å². The van der Waals surface area contributed by atoms with Crippen LogP contribution in [0.25, 0.3) is 0 Å². The van der Waals surface area contributed by atoms with Crippen LogP contribution in [0.3, 0.4) is 0 Å². The quantitative estimate of drug-likeness (QED) is 0.697. The fraction of sp³-hybridized carbons (Fsp3) is 0.167. The van der Waals surface area contributed by atoms with E-state index in [4.69, 9.17) is 0 Å². The van der Waals surface area contributed by atoms with Crippen molar-refractivity contribution in [3.8, 4) is 0 Å².